The zero-order chi connectivity index (χ0) is 33.6. The van der Waals surface area contributed by atoms with Crippen molar-refractivity contribution in [2.24, 2.45) is 17.1 Å². The second kappa shape index (κ2) is 14.6. The molecule has 6 N–H and O–H groups in total. The third-order valence-corrected chi connectivity index (χ3v) is 9.13. The second-order valence-electron chi connectivity index (χ2n) is 11.8. The fraction of sp³-hybridized carbons (Fsp3) is 0.500. The number of hydrogen-bond donors (Lipinski definition) is 4. The molecular formula is C30H42N7O8P. The number of esters is 2. The van der Waals surface area contributed by atoms with E-state index in [4.69, 9.17) is 30.0 Å². The average Bonchev–Trinajstić information content (AvgIpc) is 3.53. The van der Waals surface area contributed by atoms with Crippen LogP contribution in [-0.2, 0) is 28.2 Å². The summed E-state index contributed by atoms with van der Waals surface area (Å²) in [6.45, 7) is 8.47. The number of anilines is 1. The molecule has 2 aromatic heterocycles. The summed E-state index contributed by atoms with van der Waals surface area (Å²) in [5.74, 6) is -1.22. The molecule has 0 unspecified atom stereocenters. The van der Waals surface area contributed by atoms with Gasteiger partial charge in [-0.3, -0.25) is 28.5 Å². The first-order chi connectivity index (χ1) is 21.8. The molecule has 1 aliphatic rings. The van der Waals surface area contributed by atoms with Gasteiger partial charge in [-0.25, -0.2) is 9.55 Å². The summed E-state index contributed by atoms with van der Waals surface area (Å²) < 4.78 is 38.6. The lowest BCUT2D eigenvalue weighted by Crippen LogP contribution is -2.39. The van der Waals surface area contributed by atoms with Gasteiger partial charge in [0.2, 0.25) is 5.95 Å². The Balaban J connectivity index is 1.61. The minimum absolute atomic E-state index is 0.0820. The van der Waals surface area contributed by atoms with Gasteiger partial charge in [-0.2, -0.15) is 10.1 Å². The summed E-state index contributed by atoms with van der Waals surface area (Å²) >= 11 is 0. The van der Waals surface area contributed by atoms with E-state index in [0.717, 1.165) is 6.42 Å². The Hall–Kier alpha value is -4.04. The smallest absolute Gasteiger partial charge is 0.459 e. The van der Waals surface area contributed by atoms with Crippen molar-refractivity contribution in [2.45, 2.75) is 72.1 Å². The number of aromatic nitrogens is 4. The van der Waals surface area contributed by atoms with Gasteiger partial charge in [-0.15, -0.1) is 0 Å². The quantitative estimate of drug-likeness (QED) is 0.128. The van der Waals surface area contributed by atoms with Crippen LogP contribution in [0.2, 0.25) is 0 Å². The van der Waals surface area contributed by atoms with Gasteiger partial charge in [0.1, 0.15) is 30.8 Å². The van der Waals surface area contributed by atoms with Crippen molar-refractivity contribution < 1.29 is 32.7 Å². The van der Waals surface area contributed by atoms with E-state index in [1.165, 1.54) is 17.8 Å². The van der Waals surface area contributed by atoms with Crippen LogP contribution in [0, 0.1) is 11.3 Å². The number of para-hydroxylation sites is 1. The molecule has 0 bridgehead atoms. The SMILES string of the molecule is CCC[C@H](C)OC(=O)[C@H](C)N[P@](=O)(OC[C@@]1(COC(=O)[C@H](N)C(C)C)C/C1=C/n1cnc2c(=O)[nH]c(N)nc21)Oc1ccccc1. The van der Waals surface area contributed by atoms with E-state index in [-0.39, 0.29) is 48.1 Å². The Bertz CT molecular complexity index is 1670. The average molecular weight is 660 g/mol. The van der Waals surface area contributed by atoms with Crippen LogP contribution in [0.25, 0.3) is 17.4 Å². The summed E-state index contributed by atoms with van der Waals surface area (Å²) in [6, 6.07) is 6.47. The fourth-order valence-corrected chi connectivity index (χ4v) is 6.17. The van der Waals surface area contributed by atoms with Crippen molar-refractivity contribution in [3.63, 3.8) is 0 Å². The summed E-state index contributed by atoms with van der Waals surface area (Å²) in [5, 5.41) is 2.70. The molecule has 5 atom stereocenters. The molecule has 46 heavy (non-hydrogen) atoms. The van der Waals surface area contributed by atoms with Gasteiger partial charge in [-0.1, -0.05) is 45.4 Å². The molecule has 1 aliphatic carbocycles. The summed E-state index contributed by atoms with van der Waals surface area (Å²) in [7, 11) is -4.23. The van der Waals surface area contributed by atoms with Crippen LogP contribution in [0.1, 0.15) is 53.9 Å². The summed E-state index contributed by atoms with van der Waals surface area (Å²) in [6.07, 6.45) is 4.60. The van der Waals surface area contributed by atoms with Crippen LogP contribution in [0.5, 0.6) is 5.75 Å². The minimum Gasteiger partial charge on any atom is -0.463 e. The number of H-pyrrole nitrogens is 1. The van der Waals surface area contributed by atoms with Gasteiger partial charge in [0.25, 0.3) is 5.56 Å². The third kappa shape index (κ3) is 8.60. The zero-order valence-electron chi connectivity index (χ0n) is 26.6. The van der Waals surface area contributed by atoms with Gasteiger partial charge in [-0.05, 0) is 50.3 Å². The van der Waals surface area contributed by atoms with Gasteiger partial charge in [0.15, 0.2) is 11.2 Å². The van der Waals surface area contributed by atoms with Crippen molar-refractivity contribution in [1.82, 2.24) is 24.6 Å². The molecule has 0 aliphatic heterocycles. The topological polar surface area (TPSA) is 216 Å². The summed E-state index contributed by atoms with van der Waals surface area (Å²) in [4.78, 5) is 48.5. The minimum atomic E-state index is -4.23. The number of nitrogens with one attached hydrogen (secondary N) is 2. The molecule has 1 fully saturated rings. The van der Waals surface area contributed by atoms with Crippen LogP contribution in [-0.4, -0.2) is 62.9 Å². The van der Waals surface area contributed by atoms with Gasteiger partial charge < -0.3 is 25.5 Å². The first-order valence-corrected chi connectivity index (χ1v) is 16.6. The number of rotatable bonds is 16. The van der Waals surface area contributed by atoms with E-state index >= 15 is 0 Å². The van der Waals surface area contributed by atoms with Gasteiger partial charge in [0.05, 0.1) is 18.1 Å². The largest absolute Gasteiger partial charge is 0.463 e. The Morgan fingerprint density at radius 1 is 1.17 bits per heavy atom. The predicted molar refractivity (Wildman–Crippen MR) is 171 cm³/mol. The molecule has 250 valence electrons. The van der Waals surface area contributed by atoms with Crippen molar-refractivity contribution in [3.8, 4) is 5.75 Å². The maximum Gasteiger partial charge on any atom is 0.459 e. The maximum absolute atomic E-state index is 14.2. The lowest BCUT2D eigenvalue weighted by atomic mass is 10.1. The number of imidazole rings is 1. The number of benzene rings is 1. The highest BCUT2D eigenvalue weighted by molar-refractivity contribution is 7.52. The maximum atomic E-state index is 14.2. The van der Waals surface area contributed by atoms with Gasteiger partial charge in [0, 0.05) is 6.20 Å². The number of nitrogens with zero attached hydrogens (tertiary/aromatic N) is 3. The van der Waals surface area contributed by atoms with E-state index in [0.29, 0.717) is 18.4 Å². The van der Waals surface area contributed by atoms with Crippen molar-refractivity contribution >= 4 is 43.0 Å². The number of ether oxygens (including phenoxy) is 2. The van der Waals surface area contributed by atoms with E-state index in [1.54, 1.807) is 57.3 Å². The number of carbonyl (C=O) groups excluding carboxylic acids is 2. The monoisotopic (exact) mass is 659 g/mol. The highest BCUT2D eigenvalue weighted by atomic mass is 31.2. The Morgan fingerprint density at radius 3 is 2.57 bits per heavy atom. The number of nitrogens with two attached hydrogens (primary N) is 2. The molecule has 3 aromatic rings. The van der Waals surface area contributed by atoms with E-state index in [1.807, 2.05) is 6.92 Å². The molecule has 0 amide bonds. The van der Waals surface area contributed by atoms with Crippen LogP contribution >= 0.6 is 7.75 Å². The number of aromatic amines is 1. The Kier molecular flexibility index (Phi) is 11.0. The molecule has 0 radical (unpaired) electrons. The molecule has 1 saturated carbocycles. The third-order valence-electron chi connectivity index (χ3n) is 7.51. The normalized spacial score (nSPS) is 20.2. The highest BCUT2D eigenvalue weighted by Gasteiger charge is 2.52. The number of fused-ring (bicyclic) bond motifs is 1. The molecule has 0 spiro atoms. The molecular weight excluding hydrogens is 617 g/mol. The predicted octanol–water partition coefficient (Wildman–Crippen LogP) is 3.37. The first kappa shape index (κ1) is 34.8. The lowest BCUT2D eigenvalue weighted by Gasteiger charge is -2.26. The molecule has 0 saturated heterocycles. The van der Waals surface area contributed by atoms with E-state index in [2.05, 4.69) is 20.0 Å². The number of carbonyl (C=O) groups is 2. The van der Waals surface area contributed by atoms with Gasteiger partial charge >= 0.3 is 19.7 Å². The number of nitrogen functional groups attached to an aromatic ring is 1. The van der Waals surface area contributed by atoms with Crippen molar-refractivity contribution in [1.29, 1.82) is 0 Å². The van der Waals surface area contributed by atoms with Crippen LogP contribution in [0.4, 0.5) is 5.95 Å². The molecule has 15 nitrogen and oxygen atoms in total. The van der Waals surface area contributed by atoms with Crippen LogP contribution in [0.15, 0.2) is 47.0 Å². The molecule has 1 aromatic carbocycles. The van der Waals surface area contributed by atoms with Crippen LogP contribution < -0.4 is 26.6 Å². The lowest BCUT2D eigenvalue weighted by molar-refractivity contribution is -0.150. The first-order valence-electron chi connectivity index (χ1n) is 15.1. The standard InChI is InChI=1S/C30H42N7O8P/c1-6-10-19(4)44-27(39)20(5)36-46(41,45-22-11-8-7-9-12-22)43-16-30(15-42-28(40)23(31)18(2)3)13-21(30)14-37-17-33-24-25(37)34-29(32)35-26(24)38/h7-9,11-12,14,17-20,23H,6,10,13,15-16,31H2,1-5H3,(H,36,41)(H3,32,34,35,38)/b21-14-/t19-,20-,23+,30-,46-/m0/s1. The van der Waals surface area contributed by atoms with Crippen LogP contribution in [0.3, 0.4) is 0 Å². The molecule has 4 rings (SSSR count). The van der Waals surface area contributed by atoms with E-state index in [9.17, 15) is 18.9 Å². The Labute approximate surface area is 266 Å². The summed E-state index contributed by atoms with van der Waals surface area (Å²) in [5.41, 5.74) is 11.3. The Morgan fingerprint density at radius 2 is 1.89 bits per heavy atom. The van der Waals surface area contributed by atoms with E-state index < -0.39 is 42.7 Å². The molecule has 2 heterocycles. The van der Waals surface area contributed by atoms with Crippen molar-refractivity contribution in [2.75, 3.05) is 18.9 Å². The van der Waals surface area contributed by atoms with Crippen molar-refractivity contribution in [3.05, 3.63) is 52.6 Å². The second-order valence-corrected chi connectivity index (χ2v) is 13.5. The number of hydrogen-bond acceptors (Lipinski definition) is 12. The fourth-order valence-electron chi connectivity index (χ4n) is 4.59. The molecule has 16 heteroatoms. The highest BCUT2D eigenvalue weighted by Crippen LogP contribution is 2.56. The zero-order valence-corrected chi connectivity index (χ0v) is 27.5.